The van der Waals surface area contributed by atoms with E-state index in [1.165, 1.54) is 7.11 Å². The number of hydrogen-bond donors (Lipinski definition) is 1. The number of methoxy groups -OCH3 is 1. The van der Waals surface area contributed by atoms with Crippen molar-refractivity contribution in [3.63, 3.8) is 0 Å². The third-order valence-corrected chi connectivity index (χ3v) is 4.17. The largest absolute Gasteiger partial charge is 0.469 e. The van der Waals surface area contributed by atoms with Crippen molar-refractivity contribution in [1.82, 2.24) is 5.32 Å². The first-order valence-electron chi connectivity index (χ1n) is 5.56. The van der Waals surface area contributed by atoms with E-state index >= 15 is 0 Å². The molecule has 0 aliphatic heterocycles. The molecule has 0 radical (unpaired) electrons. The molecule has 3 nitrogen and oxygen atoms in total. The molecule has 0 heterocycles. The highest BCUT2D eigenvalue weighted by atomic mass is 16.5. The van der Waals surface area contributed by atoms with Crippen LogP contribution in [0.2, 0.25) is 0 Å². The second-order valence-electron chi connectivity index (χ2n) is 5.72. The maximum absolute atomic E-state index is 11.1. The molecule has 0 amide bonds. The third kappa shape index (κ3) is 2.17. The minimum Gasteiger partial charge on any atom is -0.469 e. The van der Waals surface area contributed by atoms with Gasteiger partial charge in [0.2, 0.25) is 0 Å². The van der Waals surface area contributed by atoms with E-state index in [1.807, 2.05) is 6.92 Å². The van der Waals surface area contributed by atoms with E-state index < -0.39 is 0 Å². The van der Waals surface area contributed by atoms with E-state index in [2.05, 4.69) is 37.7 Å². The number of hydrogen-bond acceptors (Lipinski definition) is 3. The van der Waals surface area contributed by atoms with E-state index in [0.29, 0.717) is 23.3 Å². The van der Waals surface area contributed by atoms with E-state index in [4.69, 9.17) is 0 Å². The SMILES string of the molecule is COC(=O)CC(C)NC1C(C)(C)C1(C)C. The lowest BCUT2D eigenvalue weighted by Crippen LogP contribution is -2.33. The van der Waals surface area contributed by atoms with Crippen molar-refractivity contribution in [3.05, 3.63) is 0 Å². The number of carbonyl (C=O) groups is 1. The quantitative estimate of drug-likeness (QED) is 0.725. The monoisotopic (exact) mass is 213 g/mol. The molecule has 0 saturated heterocycles. The topological polar surface area (TPSA) is 38.3 Å². The van der Waals surface area contributed by atoms with Crippen molar-refractivity contribution in [2.45, 2.75) is 53.1 Å². The second-order valence-corrected chi connectivity index (χ2v) is 5.72. The molecule has 0 aromatic carbocycles. The summed E-state index contributed by atoms with van der Waals surface area (Å²) in [5.41, 5.74) is 0.634. The van der Waals surface area contributed by atoms with Crippen LogP contribution in [0.1, 0.15) is 41.0 Å². The molecule has 1 atom stereocenters. The fourth-order valence-electron chi connectivity index (χ4n) is 2.29. The average molecular weight is 213 g/mol. The molecule has 3 heteroatoms. The minimum absolute atomic E-state index is 0.147. The molecule has 0 aromatic heterocycles. The molecule has 15 heavy (non-hydrogen) atoms. The average Bonchev–Trinajstić information content (AvgIpc) is 2.48. The van der Waals surface area contributed by atoms with Crippen LogP contribution >= 0.6 is 0 Å². The fraction of sp³-hybridized carbons (Fsp3) is 0.917. The lowest BCUT2D eigenvalue weighted by Gasteiger charge is -2.14. The summed E-state index contributed by atoms with van der Waals surface area (Å²) in [5, 5.41) is 3.50. The molecule has 0 aromatic rings. The number of nitrogens with one attached hydrogen (secondary N) is 1. The number of rotatable bonds is 4. The first-order valence-corrected chi connectivity index (χ1v) is 5.56. The van der Waals surface area contributed by atoms with Gasteiger partial charge < -0.3 is 10.1 Å². The van der Waals surface area contributed by atoms with E-state index in [9.17, 15) is 4.79 Å². The molecule has 1 N–H and O–H groups in total. The lowest BCUT2D eigenvalue weighted by atomic mass is 10.0. The van der Waals surface area contributed by atoms with Crippen molar-refractivity contribution in [1.29, 1.82) is 0 Å². The fourth-order valence-corrected chi connectivity index (χ4v) is 2.29. The van der Waals surface area contributed by atoms with Gasteiger partial charge in [0.25, 0.3) is 0 Å². The van der Waals surface area contributed by atoms with Crippen LogP contribution in [0.5, 0.6) is 0 Å². The molecule has 1 saturated carbocycles. The lowest BCUT2D eigenvalue weighted by molar-refractivity contribution is -0.141. The Kier molecular flexibility index (Phi) is 3.15. The van der Waals surface area contributed by atoms with Crippen LogP contribution in [-0.4, -0.2) is 25.2 Å². The van der Waals surface area contributed by atoms with Crippen LogP contribution in [0, 0.1) is 10.8 Å². The molecule has 1 aliphatic rings. The van der Waals surface area contributed by atoms with Gasteiger partial charge in [0.05, 0.1) is 13.5 Å². The summed E-state index contributed by atoms with van der Waals surface area (Å²) in [7, 11) is 1.43. The van der Waals surface area contributed by atoms with Crippen LogP contribution < -0.4 is 5.32 Å². The van der Waals surface area contributed by atoms with Gasteiger partial charge in [-0.1, -0.05) is 27.7 Å². The Morgan fingerprint density at radius 3 is 2.13 bits per heavy atom. The number of ether oxygens (including phenoxy) is 1. The van der Waals surface area contributed by atoms with Gasteiger partial charge in [-0.3, -0.25) is 4.79 Å². The van der Waals surface area contributed by atoms with Gasteiger partial charge in [-0.05, 0) is 17.8 Å². The Labute approximate surface area is 92.6 Å². The number of carbonyl (C=O) groups excluding carboxylic acids is 1. The van der Waals surface area contributed by atoms with Gasteiger partial charge in [-0.2, -0.15) is 0 Å². The molecule has 1 unspecified atom stereocenters. The van der Waals surface area contributed by atoms with Crippen molar-refractivity contribution in [2.24, 2.45) is 10.8 Å². The predicted octanol–water partition coefficient (Wildman–Crippen LogP) is 1.96. The first-order chi connectivity index (χ1) is 6.73. The zero-order chi connectivity index (χ0) is 11.9. The maximum atomic E-state index is 11.1. The molecule has 88 valence electrons. The smallest absolute Gasteiger partial charge is 0.307 e. The molecular weight excluding hydrogens is 190 g/mol. The predicted molar refractivity (Wildman–Crippen MR) is 60.6 cm³/mol. The minimum atomic E-state index is -0.147. The summed E-state index contributed by atoms with van der Waals surface area (Å²) in [6.45, 7) is 11.1. The Hall–Kier alpha value is -0.570. The van der Waals surface area contributed by atoms with Gasteiger partial charge in [0, 0.05) is 12.1 Å². The van der Waals surface area contributed by atoms with E-state index in [-0.39, 0.29) is 12.0 Å². The normalized spacial score (nSPS) is 24.7. The molecule has 0 spiro atoms. The summed E-state index contributed by atoms with van der Waals surface area (Å²) < 4.78 is 4.65. The van der Waals surface area contributed by atoms with Crippen LogP contribution in [0.15, 0.2) is 0 Å². The summed E-state index contributed by atoms with van der Waals surface area (Å²) >= 11 is 0. The summed E-state index contributed by atoms with van der Waals surface area (Å²) in [5.74, 6) is -0.147. The standard InChI is InChI=1S/C12H23NO2/c1-8(7-9(14)15-6)13-10-11(2,3)12(10,4)5/h8,10,13H,7H2,1-6H3. The Balaban J connectivity index is 2.42. The van der Waals surface area contributed by atoms with Crippen molar-refractivity contribution in [2.75, 3.05) is 7.11 Å². The number of esters is 1. The molecule has 1 fully saturated rings. The highest BCUT2D eigenvalue weighted by Gasteiger charge is 2.64. The van der Waals surface area contributed by atoms with Crippen molar-refractivity contribution in [3.8, 4) is 0 Å². The van der Waals surface area contributed by atoms with E-state index in [0.717, 1.165) is 0 Å². The van der Waals surface area contributed by atoms with Crippen LogP contribution in [0.3, 0.4) is 0 Å². The molecular formula is C12H23NO2. The zero-order valence-electron chi connectivity index (χ0n) is 10.7. The highest BCUT2D eigenvalue weighted by molar-refractivity contribution is 5.69. The van der Waals surface area contributed by atoms with Crippen molar-refractivity contribution < 1.29 is 9.53 Å². The third-order valence-electron chi connectivity index (χ3n) is 4.17. The first kappa shape index (κ1) is 12.5. The van der Waals surface area contributed by atoms with Crippen molar-refractivity contribution >= 4 is 5.97 Å². The van der Waals surface area contributed by atoms with Gasteiger partial charge in [0.15, 0.2) is 0 Å². The van der Waals surface area contributed by atoms with Gasteiger partial charge in [-0.25, -0.2) is 0 Å². The summed E-state index contributed by atoms with van der Waals surface area (Å²) in [4.78, 5) is 11.1. The second kappa shape index (κ2) is 3.78. The summed E-state index contributed by atoms with van der Waals surface area (Å²) in [6.07, 6.45) is 0.444. The molecule has 1 aliphatic carbocycles. The summed E-state index contributed by atoms with van der Waals surface area (Å²) in [6, 6.07) is 0.674. The van der Waals surface area contributed by atoms with Gasteiger partial charge >= 0.3 is 5.97 Å². The zero-order valence-corrected chi connectivity index (χ0v) is 10.7. The van der Waals surface area contributed by atoms with E-state index in [1.54, 1.807) is 0 Å². The Morgan fingerprint density at radius 1 is 1.33 bits per heavy atom. The highest BCUT2D eigenvalue weighted by Crippen LogP contribution is 2.62. The maximum Gasteiger partial charge on any atom is 0.307 e. The van der Waals surface area contributed by atoms with Crippen LogP contribution in [0.4, 0.5) is 0 Å². The van der Waals surface area contributed by atoms with Crippen LogP contribution in [-0.2, 0) is 9.53 Å². The molecule has 0 bridgehead atoms. The van der Waals surface area contributed by atoms with Gasteiger partial charge in [-0.15, -0.1) is 0 Å². The Morgan fingerprint density at radius 2 is 1.80 bits per heavy atom. The van der Waals surface area contributed by atoms with Gasteiger partial charge in [0.1, 0.15) is 0 Å². The van der Waals surface area contributed by atoms with Crippen LogP contribution in [0.25, 0.3) is 0 Å². The molecule has 1 rings (SSSR count). The Bertz CT molecular complexity index is 244.